The molecule has 5 heteroatoms. The summed E-state index contributed by atoms with van der Waals surface area (Å²) in [6.07, 6.45) is 0.768. The second kappa shape index (κ2) is 7.36. The lowest BCUT2D eigenvalue weighted by Crippen LogP contribution is -2.06. The van der Waals surface area contributed by atoms with Crippen molar-refractivity contribution in [2.45, 2.75) is 16.6 Å². The zero-order valence-electron chi connectivity index (χ0n) is 13.8. The average molecular weight is 399 g/mol. The van der Waals surface area contributed by atoms with Crippen molar-refractivity contribution in [1.29, 1.82) is 0 Å². The summed E-state index contributed by atoms with van der Waals surface area (Å²) < 4.78 is 0. The summed E-state index contributed by atoms with van der Waals surface area (Å²) >= 11 is 14.4. The highest BCUT2D eigenvalue weighted by Gasteiger charge is 2.24. The number of thioether (sulfide) groups is 1. The Balaban J connectivity index is 1.81. The molecule has 3 aromatic carbocycles. The first kappa shape index (κ1) is 17.5. The molecular weight excluding hydrogens is 383 g/mol. The Kier molecular flexibility index (Phi) is 4.94. The Hall–Kier alpha value is -1.94. The minimum atomic E-state index is 0.153. The number of nitrogens with zero attached hydrogens (tertiary/aromatic N) is 1. The first-order valence-electron chi connectivity index (χ1n) is 8.24. The van der Waals surface area contributed by atoms with Gasteiger partial charge in [0.1, 0.15) is 0 Å². The monoisotopic (exact) mass is 398 g/mol. The number of aliphatic imine (C=N–C) groups is 1. The molecule has 0 saturated heterocycles. The minimum absolute atomic E-state index is 0.153. The van der Waals surface area contributed by atoms with Gasteiger partial charge in [-0.3, -0.25) is 4.99 Å². The van der Waals surface area contributed by atoms with Crippen LogP contribution in [0.25, 0.3) is 0 Å². The lowest BCUT2D eigenvalue weighted by molar-refractivity contribution is 1.01. The van der Waals surface area contributed by atoms with Crippen molar-refractivity contribution in [2.75, 3.05) is 5.73 Å². The van der Waals surface area contributed by atoms with Gasteiger partial charge in [-0.15, -0.1) is 11.8 Å². The van der Waals surface area contributed by atoms with E-state index in [-0.39, 0.29) is 5.25 Å². The molecule has 0 aromatic heterocycles. The summed E-state index contributed by atoms with van der Waals surface area (Å²) in [6, 6.07) is 21.8. The van der Waals surface area contributed by atoms with Gasteiger partial charge >= 0.3 is 0 Å². The summed E-state index contributed by atoms with van der Waals surface area (Å²) in [5, 5.41) is 1.48. The third-order valence-electron chi connectivity index (χ3n) is 4.32. The number of anilines is 1. The van der Waals surface area contributed by atoms with Crippen molar-refractivity contribution in [3.05, 3.63) is 87.9 Å². The van der Waals surface area contributed by atoms with Gasteiger partial charge < -0.3 is 5.73 Å². The summed E-state index contributed by atoms with van der Waals surface area (Å²) in [6.45, 7) is 0. The molecule has 0 fully saturated rings. The molecule has 1 aliphatic heterocycles. The lowest BCUT2D eigenvalue weighted by Gasteiger charge is -2.18. The van der Waals surface area contributed by atoms with Crippen molar-refractivity contribution in [3.8, 4) is 0 Å². The van der Waals surface area contributed by atoms with Crippen LogP contribution in [0.3, 0.4) is 0 Å². The number of rotatable bonds is 2. The highest BCUT2D eigenvalue weighted by atomic mass is 35.5. The molecule has 0 saturated carbocycles. The van der Waals surface area contributed by atoms with E-state index in [2.05, 4.69) is 6.07 Å². The summed E-state index contributed by atoms with van der Waals surface area (Å²) in [5.41, 5.74) is 10.7. The third-order valence-corrected chi connectivity index (χ3v) is 6.19. The standard InChI is InChI=1S/C21H16Cl2N2S/c22-14-7-10-16(17(23)11-14)21-12-19(13-5-8-15(24)9-6-13)25-18-3-1-2-4-20(18)26-21/h1-11,21H,12,24H2. The largest absolute Gasteiger partial charge is 0.399 e. The molecular formula is C21H16Cl2N2S. The molecule has 130 valence electrons. The van der Waals surface area contributed by atoms with Crippen LogP contribution in [-0.2, 0) is 0 Å². The number of benzene rings is 3. The van der Waals surface area contributed by atoms with Gasteiger partial charge in [-0.25, -0.2) is 0 Å². The molecule has 2 N–H and O–H groups in total. The predicted molar refractivity (Wildman–Crippen MR) is 113 cm³/mol. The van der Waals surface area contributed by atoms with E-state index in [1.165, 1.54) is 0 Å². The van der Waals surface area contributed by atoms with Crippen LogP contribution in [0, 0.1) is 0 Å². The maximum absolute atomic E-state index is 6.50. The van der Waals surface area contributed by atoms with Crippen LogP contribution in [-0.4, -0.2) is 5.71 Å². The average Bonchev–Trinajstić information content (AvgIpc) is 2.82. The van der Waals surface area contributed by atoms with E-state index < -0.39 is 0 Å². The van der Waals surface area contributed by atoms with Gasteiger partial charge in [0.05, 0.1) is 5.69 Å². The Morgan fingerprint density at radius 3 is 2.50 bits per heavy atom. The molecule has 0 bridgehead atoms. The van der Waals surface area contributed by atoms with Crippen LogP contribution in [0.2, 0.25) is 10.0 Å². The smallest absolute Gasteiger partial charge is 0.0769 e. The van der Waals surface area contributed by atoms with E-state index in [0.29, 0.717) is 10.0 Å². The fourth-order valence-electron chi connectivity index (χ4n) is 3.00. The van der Waals surface area contributed by atoms with Crippen molar-refractivity contribution in [2.24, 2.45) is 4.99 Å². The Labute approximate surface area is 167 Å². The molecule has 0 spiro atoms. The number of halogens is 2. The van der Waals surface area contributed by atoms with E-state index >= 15 is 0 Å². The summed E-state index contributed by atoms with van der Waals surface area (Å²) in [7, 11) is 0. The first-order valence-corrected chi connectivity index (χ1v) is 9.88. The molecule has 0 radical (unpaired) electrons. The zero-order valence-corrected chi connectivity index (χ0v) is 16.2. The first-order chi connectivity index (χ1) is 12.6. The van der Waals surface area contributed by atoms with E-state index in [9.17, 15) is 0 Å². The van der Waals surface area contributed by atoms with Crippen molar-refractivity contribution >= 4 is 52.1 Å². The van der Waals surface area contributed by atoms with Gasteiger partial charge in [-0.1, -0.05) is 53.5 Å². The highest BCUT2D eigenvalue weighted by Crippen LogP contribution is 2.47. The van der Waals surface area contributed by atoms with Crippen molar-refractivity contribution < 1.29 is 0 Å². The summed E-state index contributed by atoms with van der Waals surface area (Å²) in [5.74, 6) is 0. The van der Waals surface area contributed by atoms with Crippen LogP contribution in [0.15, 0.2) is 76.6 Å². The number of nitrogen functional groups attached to an aromatic ring is 1. The quantitative estimate of drug-likeness (QED) is 0.474. The molecule has 4 rings (SSSR count). The van der Waals surface area contributed by atoms with Crippen LogP contribution in [0.5, 0.6) is 0 Å². The second-order valence-electron chi connectivity index (χ2n) is 6.12. The fourth-order valence-corrected chi connectivity index (χ4v) is 4.88. The van der Waals surface area contributed by atoms with E-state index in [4.69, 9.17) is 33.9 Å². The number of fused-ring (bicyclic) bond motifs is 1. The van der Waals surface area contributed by atoms with Gasteiger partial charge in [0.2, 0.25) is 0 Å². The summed E-state index contributed by atoms with van der Waals surface area (Å²) in [4.78, 5) is 6.10. The molecule has 1 unspecified atom stereocenters. The minimum Gasteiger partial charge on any atom is -0.399 e. The van der Waals surface area contributed by atoms with Crippen LogP contribution in [0.4, 0.5) is 11.4 Å². The zero-order chi connectivity index (χ0) is 18.1. The van der Waals surface area contributed by atoms with Gasteiger partial charge in [0.25, 0.3) is 0 Å². The van der Waals surface area contributed by atoms with Crippen LogP contribution >= 0.6 is 35.0 Å². The van der Waals surface area contributed by atoms with Gasteiger partial charge in [-0.05, 0) is 47.5 Å². The highest BCUT2D eigenvalue weighted by molar-refractivity contribution is 7.99. The molecule has 1 aliphatic rings. The second-order valence-corrected chi connectivity index (χ2v) is 8.21. The molecule has 26 heavy (non-hydrogen) atoms. The van der Waals surface area contributed by atoms with Crippen LogP contribution in [0.1, 0.15) is 22.8 Å². The van der Waals surface area contributed by atoms with Gasteiger partial charge in [0, 0.05) is 38.0 Å². The molecule has 2 nitrogen and oxygen atoms in total. The fraction of sp³-hybridized carbons (Fsp3) is 0.0952. The van der Waals surface area contributed by atoms with E-state index in [1.54, 1.807) is 17.8 Å². The van der Waals surface area contributed by atoms with Gasteiger partial charge in [-0.2, -0.15) is 0 Å². The topological polar surface area (TPSA) is 38.4 Å². The third kappa shape index (κ3) is 3.61. The Morgan fingerprint density at radius 2 is 1.73 bits per heavy atom. The van der Waals surface area contributed by atoms with E-state index in [1.807, 2.05) is 54.6 Å². The number of para-hydroxylation sites is 1. The molecule has 0 amide bonds. The normalized spacial score (nSPS) is 16.5. The molecule has 0 aliphatic carbocycles. The maximum Gasteiger partial charge on any atom is 0.0769 e. The number of hydrogen-bond acceptors (Lipinski definition) is 3. The van der Waals surface area contributed by atoms with Crippen molar-refractivity contribution in [1.82, 2.24) is 0 Å². The predicted octanol–water partition coefficient (Wildman–Crippen LogP) is 6.93. The Morgan fingerprint density at radius 1 is 0.962 bits per heavy atom. The van der Waals surface area contributed by atoms with E-state index in [0.717, 1.165) is 39.5 Å². The number of nitrogens with two attached hydrogens (primary N) is 1. The SMILES string of the molecule is Nc1ccc(C2=Nc3ccccc3SC(c3ccc(Cl)cc3Cl)C2)cc1. The number of hydrogen-bond donors (Lipinski definition) is 1. The molecule has 1 heterocycles. The molecule has 1 atom stereocenters. The molecule has 3 aromatic rings. The van der Waals surface area contributed by atoms with Crippen molar-refractivity contribution in [3.63, 3.8) is 0 Å². The Bertz CT molecular complexity index is 984. The van der Waals surface area contributed by atoms with Gasteiger partial charge in [0.15, 0.2) is 0 Å². The lowest BCUT2D eigenvalue weighted by atomic mass is 10.0. The van der Waals surface area contributed by atoms with Crippen LogP contribution < -0.4 is 5.73 Å². The maximum atomic E-state index is 6.50.